The van der Waals surface area contributed by atoms with Gasteiger partial charge in [0.05, 0.1) is 6.10 Å². The molecule has 128 valence electrons. The Labute approximate surface area is 133 Å². The first-order valence-corrected chi connectivity index (χ1v) is 8.12. The number of nitrogens with two attached hydrogens (primary N) is 1. The van der Waals surface area contributed by atoms with Crippen LogP contribution in [0, 0.1) is 5.92 Å². The fourth-order valence-electron chi connectivity index (χ4n) is 4.12. The van der Waals surface area contributed by atoms with Gasteiger partial charge in [-0.15, -0.1) is 13.2 Å². The first kappa shape index (κ1) is 16.6. The van der Waals surface area contributed by atoms with Gasteiger partial charge in [0.15, 0.2) is 0 Å². The lowest BCUT2D eigenvalue weighted by Crippen LogP contribution is -2.51. The summed E-state index contributed by atoms with van der Waals surface area (Å²) in [6.07, 6.45) is 0.342. The molecule has 0 heterocycles. The van der Waals surface area contributed by atoms with E-state index in [0.717, 1.165) is 44.1 Å². The normalized spacial score (nSPS) is 28.2. The van der Waals surface area contributed by atoms with Gasteiger partial charge in [0.2, 0.25) is 0 Å². The van der Waals surface area contributed by atoms with Gasteiger partial charge in [-0.25, -0.2) is 0 Å². The zero-order valence-corrected chi connectivity index (χ0v) is 12.9. The second-order valence-electron chi connectivity index (χ2n) is 6.79. The molecule has 0 amide bonds. The van der Waals surface area contributed by atoms with Crippen molar-refractivity contribution in [1.82, 2.24) is 0 Å². The largest absolute Gasteiger partial charge is 0.573 e. The molecule has 3 N–H and O–H groups in total. The molecule has 3 atom stereocenters. The van der Waals surface area contributed by atoms with Crippen LogP contribution >= 0.6 is 0 Å². The van der Waals surface area contributed by atoms with Gasteiger partial charge in [0.25, 0.3) is 0 Å². The number of rotatable bonds is 4. The van der Waals surface area contributed by atoms with Crippen LogP contribution in [0.2, 0.25) is 0 Å². The first-order valence-electron chi connectivity index (χ1n) is 8.12. The van der Waals surface area contributed by atoms with E-state index in [4.69, 9.17) is 5.73 Å². The summed E-state index contributed by atoms with van der Waals surface area (Å²) in [5, 5.41) is 10.9. The average molecular weight is 329 g/mol. The fourth-order valence-corrected chi connectivity index (χ4v) is 4.12. The van der Waals surface area contributed by atoms with Crippen molar-refractivity contribution in [3.8, 4) is 5.75 Å². The lowest BCUT2D eigenvalue weighted by Gasteiger charge is -2.49. The van der Waals surface area contributed by atoms with Crippen LogP contribution in [0.15, 0.2) is 24.3 Å². The number of ether oxygens (including phenoxy) is 1. The fraction of sp³-hybridized carbons (Fsp3) is 0.647. The number of hydrogen-bond acceptors (Lipinski definition) is 3. The second kappa shape index (κ2) is 5.98. The van der Waals surface area contributed by atoms with E-state index in [1.165, 1.54) is 12.1 Å². The third kappa shape index (κ3) is 3.19. The Morgan fingerprint density at radius 3 is 2.22 bits per heavy atom. The monoisotopic (exact) mass is 329 g/mol. The van der Waals surface area contributed by atoms with Gasteiger partial charge in [-0.3, -0.25) is 0 Å². The van der Waals surface area contributed by atoms with Gasteiger partial charge in [-0.2, -0.15) is 0 Å². The number of aliphatic hydroxyl groups is 1. The predicted molar refractivity (Wildman–Crippen MR) is 80.0 cm³/mol. The highest BCUT2D eigenvalue weighted by molar-refractivity contribution is 5.35. The highest BCUT2D eigenvalue weighted by Crippen LogP contribution is 2.50. The molecule has 2 aliphatic carbocycles. The Balaban J connectivity index is 1.80. The highest BCUT2D eigenvalue weighted by Gasteiger charge is 2.49. The predicted octanol–water partition coefficient (Wildman–Crippen LogP) is 3.50. The summed E-state index contributed by atoms with van der Waals surface area (Å²) in [6, 6.07) is 5.94. The Bertz CT molecular complexity index is 540. The van der Waals surface area contributed by atoms with E-state index in [2.05, 4.69) is 4.74 Å². The van der Waals surface area contributed by atoms with Crippen molar-refractivity contribution >= 4 is 0 Å². The topological polar surface area (TPSA) is 55.5 Å². The molecule has 1 aromatic carbocycles. The Hall–Kier alpha value is -1.27. The third-order valence-electron chi connectivity index (χ3n) is 5.51. The molecule has 1 aromatic rings. The highest BCUT2D eigenvalue weighted by atomic mass is 19.4. The molecule has 0 aromatic heterocycles. The third-order valence-corrected chi connectivity index (χ3v) is 5.51. The molecule has 2 fully saturated rings. The van der Waals surface area contributed by atoms with Crippen molar-refractivity contribution in [1.29, 1.82) is 0 Å². The molecule has 2 aliphatic rings. The minimum Gasteiger partial charge on any atom is -0.406 e. The van der Waals surface area contributed by atoms with Crippen molar-refractivity contribution in [2.45, 2.75) is 62.4 Å². The molecule has 0 bridgehead atoms. The summed E-state index contributed by atoms with van der Waals surface area (Å²) >= 11 is 0. The lowest BCUT2D eigenvalue weighted by molar-refractivity contribution is -0.274. The molecule has 1 unspecified atom stereocenters. The van der Waals surface area contributed by atoms with E-state index >= 15 is 0 Å². The van der Waals surface area contributed by atoms with Crippen LogP contribution < -0.4 is 10.5 Å². The summed E-state index contributed by atoms with van der Waals surface area (Å²) in [5.74, 6) is -0.163. The number of hydrogen-bond donors (Lipinski definition) is 2. The Morgan fingerprint density at radius 1 is 1.13 bits per heavy atom. The van der Waals surface area contributed by atoms with Gasteiger partial charge >= 0.3 is 6.36 Å². The summed E-state index contributed by atoms with van der Waals surface area (Å²) in [4.78, 5) is 0. The molecule has 3 nitrogen and oxygen atoms in total. The number of benzene rings is 1. The van der Waals surface area contributed by atoms with Crippen LogP contribution in [-0.2, 0) is 5.41 Å². The summed E-state index contributed by atoms with van der Waals surface area (Å²) < 4.78 is 40.7. The van der Waals surface area contributed by atoms with E-state index in [9.17, 15) is 18.3 Å². The summed E-state index contributed by atoms with van der Waals surface area (Å²) in [7, 11) is 0. The van der Waals surface area contributed by atoms with E-state index in [1.807, 2.05) is 0 Å². The Morgan fingerprint density at radius 2 is 1.78 bits per heavy atom. The zero-order chi connectivity index (χ0) is 16.7. The number of alkyl halides is 3. The first-order chi connectivity index (χ1) is 10.8. The van der Waals surface area contributed by atoms with Gasteiger partial charge in [0, 0.05) is 17.4 Å². The van der Waals surface area contributed by atoms with Crippen LogP contribution in [0.3, 0.4) is 0 Å². The zero-order valence-electron chi connectivity index (χ0n) is 12.9. The van der Waals surface area contributed by atoms with Crippen LogP contribution in [0.25, 0.3) is 0 Å². The van der Waals surface area contributed by atoms with Crippen LogP contribution in [-0.4, -0.2) is 23.6 Å². The van der Waals surface area contributed by atoms with Crippen molar-refractivity contribution in [2.75, 3.05) is 0 Å². The van der Waals surface area contributed by atoms with E-state index in [1.54, 1.807) is 12.1 Å². The van der Waals surface area contributed by atoms with E-state index in [-0.39, 0.29) is 23.1 Å². The van der Waals surface area contributed by atoms with Gasteiger partial charge < -0.3 is 15.6 Å². The minimum atomic E-state index is -4.69. The van der Waals surface area contributed by atoms with Crippen molar-refractivity contribution in [3.63, 3.8) is 0 Å². The summed E-state index contributed by atoms with van der Waals surface area (Å²) in [5.41, 5.74) is 6.63. The minimum absolute atomic E-state index is 0.00955. The smallest absolute Gasteiger partial charge is 0.406 e. The lowest BCUT2D eigenvalue weighted by atomic mass is 9.58. The maximum absolute atomic E-state index is 12.3. The second-order valence-corrected chi connectivity index (χ2v) is 6.79. The maximum atomic E-state index is 12.3. The number of aliphatic hydroxyl groups excluding tert-OH is 1. The Kier molecular flexibility index (Phi) is 4.31. The standard InChI is InChI=1S/C17H22F3NO2/c18-17(19,20)23-12-7-5-11(6-8-12)16(9-2-10-16)15(22)13-3-1-4-14(13)21/h5-8,13-15,22H,1-4,9-10,21H2/t13-,14-,15?/m1/s1. The van der Waals surface area contributed by atoms with Crippen molar-refractivity contribution in [3.05, 3.63) is 29.8 Å². The molecule has 0 saturated heterocycles. The molecule has 2 saturated carbocycles. The molecular weight excluding hydrogens is 307 g/mol. The molecule has 0 aliphatic heterocycles. The van der Waals surface area contributed by atoms with Gasteiger partial charge in [-0.1, -0.05) is 25.0 Å². The average Bonchev–Trinajstić information content (AvgIpc) is 2.84. The molecule has 0 radical (unpaired) electrons. The quantitative estimate of drug-likeness (QED) is 0.889. The van der Waals surface area contributed by atoms with E-state index in [0.29, 0.717) is 0 Å². The van der Waals surface area contributed by atoms with Gasteiger partial charge in [0.1, 0.15) is 5.75 Å². The summed E-state index contributed by atoms with van der Waals surface area (Å²) in [6.45, 7) is 0. The molecular formula is C17H22F3NO2. The molecule has 0 spiro atoms. The molecule has 3 rings (SSSR count). The van der Waals surface area contributed by atoms with Crippen LogP contribution in [0.1, 0.15) is 44.1 Å². The van der Waals surface area contributed by atoms with Crippen molar-refractivity contribution < 1.29 is 23.0 Å². The number of halogens is 3. The van der Waals surface area contributed by atoms with Gasteiger partial charge in [-0.05, 0) is 43.4 Å². The molecule has 23 heavy (non-hydrogen) atoms. The van der Waals surface area contributed by atoms with Crippen LogP contribution in [0.5, 0.6) is 5.75 Å². The maximum Gasteiger partial charge on any atom is 0.573 e. The SMILES string of the molecule is N[C@@H]1CCC[C@H]1C(O)C1(c2ccc(OC(F)(F)F)cc2)CCC1. The molecule has 6 heteroatoms. The van der Waals surface area contributed by atoms with Crippen molar-refractivity contribution in [2.24, 2.45) is 11.7 Å². The van der Waals surface area contributed by atoms with E-state index < -0.39 is 12.5 Å². The van der Waals surface area contributed by atoms with Crippen LogP contribution in [0.4, 0.5) is 13.2 Å².